The second-order valence-corrected chi connectivity index (χ2v) is 6.49. The Hall–Kier alpha value is -2.53. The molecule has 1 fully saturated rings. The van der Waals surface area contributed by atoms with Crippen molar-refractivity contribution in [2.24, 2.45) is 0 Å². The van der Waals surface area contributed by atoms with Gasteiger partial charge in [-0.15, -0.1) is 0 Å². The minimum absolute atomic E-state index is 0.196. The van der Waals surface area contributed by atoms with Crippen LogP contribution in [0.3, 0.4) is 0 Å². The summed E-state index contributed by atoms with van der Waals surface area (Å²) < 4.78 is 11.0. The molecule has 1 atom stereocenters. The normalized spacial score (nSPS) is 17.2. The average Bonchev–Trinajstić information content (AvgIpc) is 3.28. The number of carbonyl (C=O) groups excluding carboxylic acids is 1. The maximum absolute atomic E-state index is 11.8. The lowest BCUT2D eigenvalue weighted by atomic mass is 10.1. The monoisotopic (exact) mass is 338 g/mol. The molecule has 1 unspecified atom stereocenters. The van der Waals surface area contributed by atoms with Crippen LogP contribution < -0.4 is 19.7 Å². The third kappa shape index (κ3) is 3.20. The first kappa shape index (κ1) is 16.0. The molecule has 0 radical (unpaired) electrons. The van der Waals surface area contributed by atoms with E-state index in [2.05, 4.69) is 30.4 Å². The number of nitrogens with zero attached hydrogens (tertiary/aromatic N) is 1. The van der Waals surface area contributed by atoms with E-state index in [1.54, 1.807) is 0 Å². The summed E-state index contributed by atoms with van der Waals surface area (Å²) in [5, 5.41) is 3.53. The number of fused-ring (bicyclic) bond motifs is 1. The highest BCUT2D eigenvalue weighted by Gasteiger charge is 2.22. The number of hydrogen-bond donors (Lipinski definition) is 1. The van der Waals surface area contributed by atoms with Gasteiger partial charge in [-0.2, -0.15) is 0 Å². The van der Waals surface area contributed by atoms with E-state index in [4.69, 9.17) is 9.47 Å². The Morgan fingerprint density at radius 2 is 2.00 bits per heavy atom. The van der Waals surface area contributed by atoms with E-state index in [1.165, 1.54) is 5.56 Å². The lowest BCUT2D eigenvalue weighted by Crippen LogP contribution is -2.23. The van der Waals surface area contributed by atoms with Gasteiger partial charge in [-0.25, -0.2) is 0 Å². The third-order valence-corrected chi connectivity index (χ3v) is 4.86. The van der Waals surface area contributed by atoms with Gasteiger partial charge in [0, 0.05) is 36.8 Å². The molecule has 0 spiro atoms. The number of anilines is 1. The SMILES string of the molecule is CC(NCc1cccc2c1OCO2)c1ccc(N2CCCC2=O)cc1. The van der Waals surface area contributed by atoms with Crippen LogP contribution in [0.1, 0.15) is 36.9 Å². The molecule has 2 aliphatic rings. The van der Waals surface area contributed by atoms with Crippen molar-refractivity contribution in [3.8, 4) is 11.5 Å². The quantitative estimate of drug-likeness (QED) is 0.908. The van der Waals surface area contributed by atoms with Crippen LogP contribution in [-0.4, -0.2) is 19.2 Å². The summed E-state index contributed by atoms with van der Waals surface area (Å²) in [6.45, 7) is 3.96. The van der Waals surface area contributed by atoms with Crippen LogP contribution >= 0.6 is 0 Å². The average molecular weight is 338 g/mol. The molecule has 130 valence electrons. The van der Waals surface area contributed by atoms with Crippen molar-refractivity contribution in [2.75, 3.05) is 18.2 Å². The lowest BCUT2D eigenvalue weighted by Gasteiger charge is -2.18. The van der Waals surface area contributed by atoms with Crippen molar-refractivity contribution in [3.05, 3.63) is 53.6 Å². The molecule has 2 aliphatic heterocycles. The summed E-state index contributed by atoms with van der Waals surface area (Å²) in [6, 6.07) is 14.4. The molecule has 0 saturated carbocycles. The Balaban J connectivity index is 1.41. The molecule has 1 saturated heterocycles. The maximum Gasteiger partial charge on any atom is 0.231 e. The molecule has 1 N–H and O–H groups in total. The topological polar surface area (TPSA) is 50.8 Å². The van der Waals surface area contributed by atoms with Gasteiger partial charge in [-0.05, 0) is 37.1 Å². The minimum Gasteiger partial charge on any atom is -0.454 e. The molecule has 0 bridgehead atoms. The Bertz CT molecular complexity index is 773. The van der Waals surface area contributed by atoms with Crippen molar-refractivity contribution in [1.82, 2.24) is 5.32 Å². The van der Waals surface area contributed by atoms with Gasteiger partial charge in [0.2, 0.25) is 12.7 Å². The molecule has 0 aromatic heterocycles. The first-order valence-corrected chi connectivity index (χ1v) is 8.73. The third-order valence-electron chi connectivity index (χ3n) is 4.86. The summed E-state index contributed by atoms with van der Waals surface area (Å²) in [6.07, 6.45) is 1.61. The maximum atomic E-state index is 11.8. The van der Waals surface area contributed by atoms with E-state index < -0.39 is 0 Å². The number of para-hydroxylation sites is 1. The fraction of sp³-hybridized carbons (Fsp3) is 0.350. The fourth-order valence-electron chi connectivity index (χ4n) is 3.37. The largest absolute Gasteiger partial charge is 0.454 e. The number of amides is 1. The van der Waals surface area contributed by atoms with E-state index in [0.29, 0.717) is 19.8 Å². The van der Waals surface area contributed by atoms with Gasteiger partial charge in [-0.1, -0.05) is 24.3 Å². The summed E-state index contributed by atoms with van der Waals surface area (Å²) in [5.41, 5.74) is 3.28. The fourth-order valence-corrected chi connectivity index (χ4v) is 3.37. The summed E-state index contributed by atoms with van der Waals surface area (Å²) >= 11 is 0. The highest BCUT2D eigenvalue weighted by Crippen LogP contribution is 2.35. The molecule has 0 aliphatic carbocycles. The van der Waals surface area contributed by atoms with Crippen molar-refractivity contribution in [3.63, 3.8) is 0 Å². The van der Waals surface area contributed by atoms with Crippen LogP contribution in [0.2, 0.25) is 0 Å². The van der Waals surface area contributed by atoms with Crippen molar-refractivity contribution >= 4 is 11.6 Å². The molecular weight excluding hydrogens is 316 g/mol. The first-order chi connectivity index (χ1) is 12.2. The number of ether oxygens (including phenoxy) is 2. The van der Waals surface area contributed by atoms with Gasteiger partial charge in [0.1, 0.15) is 0 Å². The highest BCUT2D eigenvalue weighted by atomic mass is 16.7. The summed E-state index contributed by atoms with van der Waals surface area (Å²) in [4.78, 5) is 13.7. The van der Waals surface area contributed by atoms with Gasteiger partial charge in [-0.3, -0.25) is 4.79 Å². The molecule has 1 amide bonds. The minimum atomic E-state index is 0.196. The van der Waals surface area contributed by atoms with Crippen LogP contribution in [0, 0.1) is 0 Å². The van der Waals surface area contributed by atoms with Crippen molar-refractivity contribution < 1.29 is 14.3 Å². The molecule has 2 aromatic carbocycles. The van der Waals surface area contributed by atoms with Crippen molar-refractivity contribution in [1.29, 1.82) is 0 Å². The zero-order chi connectivity index (χ0) is 17.2. The van der Waals surface area contributed by atoms with Crippen LogP contribution in [0.15, 0.2) is 42.5 Å². The Kier molecular flexibility index (Phi) is 4.32. The van der Waals surface area contributed by atoms with E-state index in [0.717, 1.165) is 35.7 Å². The van der Waals surface area contributed by atoms with E-state index in [-0.39, 0.29) is 11.9 Å². The van der Waals surface area contributed by atoms with Gasteiger partial charge >= 0.3 is 0 Å². The molecule has 5 heteroatoms. The Morgan fingerprint density at radius 1 is 1.16 bits per heavy atom. The predicted octanol–water partition coefficient (Wildman–Crippen LogP) is 3.39. The van der Waals surface area contributed by atoms with Gasteiger partial charge < -0.3 is 19.7 Å². The van der Waals surface area contributed by atoms with Gasteiger partial charge in [0.05, 0.1) is 0 Å². The zero-order valence-corrected chi connectivity index (χ0v) is 14.3. The van der Waals surface area contributed by atoms with Crippen LogP contribution in [0.5, 0.6) is 11.5 Å². The molecule has 2 heterocycles. The molecule has 5 nitrogen and oxygen atoms in total. The molecule has 25 heavy (non-hydrogen) atoms. The number of rotatable bonds is 5. The lowest BCUT2D eigenvalue weighted by molar-refractivity contribution is -0.117. The second kappa shape index (κ2) is 6.76. The van der Waals surface area contributed by atoms with Crippen LogP contribution in [0.4, 0.5) is 5.69 Å². The number of carbonyl (C=O) groups is 1. The highest BCUT2D eigenvalue weighted by molar-refractivity contribution is 5.95. The standard InChI is InChI=1S/C20H22N2O3/c1-14(21-12-16-4-2-5-18-20(16)25-13-24-18)15-7-9-17(10-8-15)22-11-3-6-19(22)23/h2,4-5,7-10,14,21H,3,6,11-13H2,1H3. The molecule has 4 rings (SSSR count). The Labute approximate surface area is 147 Å². The predicted molar refractivity (Wildman–Crippen MR) is 95.8 cm³/mol. The van der Waals surface area contributed by atoms with E-state index >= 15 is 0 Å². The van der Waals surface area contributed by atoms with Crippen LogP contribution in [-0.2, 0) is 11.3 Å². The van der Waals surface area contributed by atoms with E-state index in [1.807, 2.05) is 29.2 Å². The van der Waals surface area contributed by atoms with Gasteiger partial charge in [0.15, 0.2) is 11.5 Å². The number of hydrogen-bond acceptors (Lipinski definition) is 4. The van der Waals surface area contributed by atoms with Crippen molar-refractivity contribution in [2.45, 2.75) is 32.4 Å². The zero-order valence-electron chi connectivity index (χ0n) is 14.3. The van der Waals surface area contributed by atoms with Gasteiger partial charge in [0.25, 0.3) is 0 Å². The first-order valence-electron chi connectivity index (χ1n) is 8.73. The van der Waals surface area contributed by atoms with Crippen LogP contribution in [0.25, 0.3) is 0 Å². The number of benzene rings is 2. The summed E-state index contributed by atoms with van der Waals surface area (Å²) in [7, 11) is 0. The Morgan fingerprint density at radius 3 is 2.76 bits per heavy atom. The molecular formula is C20H22N2O3. The summed E-state index contributed by atoms with van der Waals surface area (Å²) in [5.74, 6) is 1.87. The number of nitrogens with one attached hydrogen (secondary N) is 1. The smallest absolute Gasteiger partial charge is 0.231 e. The second-order valence-electron chi connectivity index (χ2n) is 6.49. The molecule has 2 aromatic rings. The van der Waals surface area contributed by atoms with E-state index in [9.17, 15) is 4.79 Å².